The number of hydrogen-bond acceptors (Lipinski definition) is 3. The van der Waals surface area contributed by atoms with Crippen LogP contribution in [0, 0.1) is 17.3 Å². The van der Waals surface area contributed by atoms with Gasteiger partial charge in [-0.05, 0) is 62.1 Å². The molecule has 1 spiro atoms. The molecule has 3 aliphatic rings. The molecule has 0 bridgehead atoms. The Labute approximate surface area is 174 Å². The summed E-state index contributed by atoms with van der Waals surface area (Å²) in [6.45, 7) is 20.3. The fourth-order valence-electron chi connectivity index (χ4n) is 5.69. The van der Waals surface area contributed by atoms with Crippen LogP contribution in [0.3, 0.4) is 0 Å². The highest BCUT2D eigenvalue weighted by molar-refractivity contribution is 6.74. The molecule has 0 N–H and O–H groups in total. The maximum Gasteiger partial charge on any atom is 0.191 e. The Morgan fingerprint density at radius 1 is 1.29 bits per heavy atom. The first-order chi connectivity index (χ1) is 13.1. The number of rotatable bonds is 7. The van der Waals surface area contributed by atoms with Crippen molar-refractivity contribution in [1.82, 2.24) is 0 Å². The summed E-state index contributed by atoms with van der Waals surface area (Å²) in [6.07, 6.45) is 11.1. The lowest BCUT2D eigenvalue weighted by Gasteiger charge is -2.55. The van der Waals surface area contributed by atoms with Gasteiger partial charge in [0.25, 0.3) is 0 Å². The van der Waals surface area contributed by atoms with Crippen molar-refractivity contribution in [2.24, 2.45) is 17.3 Å². The van der Waals surface area contributed by atoms with Crippen molar-refractivity contribution in [3.05, 3.63) is 24.3 Å². The van der Waals surface area contributed by atoms with Crippen molar-refractivity contribution in [1.29, 1.82) is 0 Å². The second-order valence-electron chi connectivity index (χ2n) is 10.8. The van der Waals surface area contributed by atoms with Crippen molar-refractivity contribution in [3.63, 3.8) is 0 Å². The summed E-state index contributed by atoms with van der Waals surface area (Å²) in [5, 5.41) is 0.258. The van der Waals surface area contributed by atoms with Crippen LogP contribution in [0.1, 0.15) is 66.2 Å². The van der Waals surface area contributed by atoms with Gasteiger partial charge in [-0.1, -0.05) is 45.4 Å². The normalized spacial score (nSPS) is 32.4. The first-order valence-electron chi connectivity index (χ1n) is 11.3. The van der Waals surface area contributed by atoms with Crippen LogP contribution < -0.4 is 0 Å². The van der Waals surface area contributed by atoms with E-state index >= 15 is 0 Å². The van der Waals surface area contributed by atoms with E-state index in [4.69, 9.17) is 13.9 Å². The van der Waals surface area contributed by atoms with Crippen molar-refractivity contribution in [3.8, 4) is 0 Å². The van der Waals surface area contributed by atoms with E-state index in [2.05, 4.69) is 59.5 Å². The molecule has 3 atom stereocenters. The minimum atomic E-state index is -1.70. The van der Waals surface area contributed by atoms with E-state index in [0.29, 0.717) is 11.8 Å². The molecule has 2 fully saturated rings. The van der Waals surface area contributed by atoms with Crippen molar-refractivity contribution >= 4 is 8.32 Å². The van der Waals surface area contributed by atoms with E-state index in [1.165, 1.54) is 12.0 Å². The van der Waals surface area contributed by atoms with Crippen LogP contribution in [0.4, 0.5) is 0 Å². The lowest BCUT2D eigenvalue weighted by Crippen LogP contribution is -2.57. The highest BCUT2D eigenvalue weighted by Gasteiger charge is 2.64. The SMILES string of the molecule is C=CCC1=CC[C@@H]2C[C@@H](C)CC3(OCCO3)[C@]12CCCO[Si](C)(C)C(C)(C)C. The highest BCUT2D eigenvalue weighted by atomic mass is 28.4. The Morgan fingerprint density at radius 3 is 2.57 bits per heavy atom. The number of ether oxygens (including phenoxy) is 2. The Balaban J connectivity index is 1.80. The van der Waals surface area contributed by atoms with Gasteiger partial charge >= 0.3 is 0 Å². The number of allylic oxidation sites excluding steroid dienone is 2. The third kappa shape index (κ3) is 3.70. The van der Waals surface area contributed by atoms with Gasteiger partial charge in [-0.3, -0.25) is 0 Å². The smallest absolute Gasteiger partial charge is 0.191 e. The summed E-state index contributed by atoms with van der Waals surface area (Å²) < 4.78 is 19.5. The van der Waals surface area contributed by atoms with E-state index in [9.17, 15) is 0 Å². The first-order valence-corrected chi connectivity index (χ1v) is 14.2. The Bertz CT molecular complexity index is 597. The van der Waals surface area contributed by atoms with Gasteiger partial charge in [0.1, 0.15) is 0 Å². The molecule has 1 saturated heterocycles. The summed E-state index contributed by atoms with van der Waals surface area (Å²) in [5.41, 5.74) is 1.51. The van der Waals surface area contributed by atoms with Crippen LogP contribution in [0.25, 0.3) is 0 Å². The molecule has 4 heteroatoms. The molecule has 0 radical (unpaired) electrons. The zero-order valence-corrected chi connectivity index (χ0v) is 20.1. The average molecular weight is 407 g/mol. The molecular weight excluding hydrogens is 364 g/mol. The Morgan fingerprint density at radius 2 is 1.96 bits per heavy atom. The van der Waals surface area contributed by atoms with E-state index in [0.717, 1.165) is 51.9 Å². The Hall–Kier alpha value is -0.423. The summed E-state index contributed by atoms with van der Waals surface area (Å²) in [5.74, 6) is 0.839. The lowest BCUT2D eigenvalue weighted by molar-refractivity contribution is -0.268. The van der Waals surface area contributed by atoms with Gasteiger partial charge in [-0.25, -0.2) is 0 Å². The molecule has 3 rings (SSSR count). The summed E-state index contributed by atoms with van der Waals surface area (Å²) >= 11 is 0. The van der Waals surface area contributed by atoms with Crippen LogP contribution >= 0.6 is 0 Å². The molecule has 160 valence electrons. The van der Waals surface area contributed by atoms with E-state index in [1.807, 2.05) is 0 Å². The maximum absolute atomic E-state index is 6.52. The molecule has 0 amide bonds. The van der Waals surface area contributed by atoms with Crippen LogP contribution in [-0.4, -0.2) is 33.9 Å². The van der Waals surface area contributed by atoms with E-state index in [1.54, 1.807) is 0 Å². The predicted octanol–water partition coefficient (Wildman–Crippen LogP) is 6.47. The van der Waals surface area contributed by atoms with Crippen LogP contribution in [0.2, 0.25) is 18.1 Å². The molecule has 1 aliphatic heterocycles. The summed E-state index contributed by atoms with van der Waals surface area (Å²) in [7, 11) is -1.70. The quantitative estimate of drug-likeness (QED) is 0.275. The second-order valence-corrected chi connectivity index (χ2v) is 15.6. The zero-order valence-electron chi connectivity index (χ0n) is 19.1. The monoisotopic (exact) mass is 406 g/mol. The minimum absolute atomic E-state index is 0.000983. The van der Waals surface area contributed by atoms with Crippen LogP contribution in [-0.2, 0) is 13.9 Å². The molecule has 28 heavy (non-hydrogen) atoms. The second kappa shape index (κ2) is 8.01. The number of fused-ring (bicyclic) bond motifs is 2. The molecule has 0 aromatic carbocycles. The molecular formula is C24H42O3Si. The van der Waals surface area contributed by atoms with Crippen LogP contribution in [0.15, 0.2) is 24.3 Å². The van der Waals surface area contributed by atoms with Crippen LogP contribution in [0.5, 0.6) is 0 Å². The standard InChI is InChI=1S/C24H42O3Si/c1-8-10-20-11-12-21-17-19(2)18-24(25-15-16-26-24)23(20,21)13-9-14-27-28(6,7)22(3,4)5/h8,11,19,21H,1,9-10,12-18H2,2-7H3/t19-,21-,23-/m1/s1. The Kier molecular flexibility index (Phi) is 6.37. The van der Waals surface area contributed by atoms with E-state index < -0.39 is 14.1 Å². The lowest BCUT2D eigenvalue weighted by atomic mass is 9.56. The van der Waals surface area contributed by atoms with Crippen molar-refractivity contribution in [2.45, 2.75) is 90.1 Å². The van der Waals surface area contributed by atoms with Gasteiger partial charge in [0, 0.05) is 18.4 Å². The first kappa shape index (κ1) is 22.3. The van der Waals surface area contributed by atoms with Gasteiger partial charge < -0.3 is 13.9 Å². The third-order valence-electron chi connectivity index (χ3n) is 8.01. The highest BCUT2D eigenvalue weighted by Crippen LogP contribution is 2.64. The molecule has 1 heterocycles. The zero-order chi connectivity index (χ0) is 20.6. The topological polar surface area (TPSA) is 27.7 Å². The van der Waals surface area contributed by atoms with Gasteiger partial charge in [0.05, 0.1) is 13.2 Å². The van der Waals surface area contributed by atoms with Gasteiger partial charge in [-0.2, -0.15) is 0 Å². The molecule has 2 aliphatic carbocycles. The van der Waals surface area contributed by atoms with Gasteiger partial charge in [0.15, 0.2) is 14.1 Å². The van der Waals surface area contributed by atoms with Gasteiger partial charge in [-0.15, -0.1) is 6.58 Å². The molecule has 0 unspecified atom stereocenters. The fraction of sp³-hybridized carbons (Fsp3) is 0.833. The minimum Gasteiger partial charge on any atom is -0.417 e. The molecule has 1 saturated carbocycles. The van der Waals surface area contributed by atoms with Crippen molar-refractivity contribution in [2.75, 3.05) is 19.8 Å². The maximum atomic E-state index is 6.52. The predicted molar refractivity (Wildman–Crippen MR) is 119 cm³/mol. The average Bonchev–Trinajstić information content (AvgIpc) is 3.18. The fourth-order valence-corrected chi connectivity index (χ4v) is 6.78. The number of hydrogen-bond donors (Lipinski definition) is 0. The largest absolute Gasteiger partial charge is 0.417 e. The molecule has 0 aromatic rings. The summed E-state index contributed by atoms with van der Waals surface area (Å²) in [6, 6.07) is 0. The van der Waals surface area contributed by atoms with Crippen molar-refractivity contribution < 1.29 is 13.9 Å². The summed E-state index contributed by atoms with van der Waals surface area (Å²) in [4.78, 5) is 0. The molecule has 0 aromatic heterocycles. The van der Waals surface area contributed by atoms with E-state index in [-0.39, 0.29) is 10.5 Å². The third-order valence-corrected chi connectivity index (χ3v) is 12.5. The van der Waals surface area contributed by atoms with Gasteiger partial charge in [0.2, 0.25) is 0 Å². The molecule has 3 nitrogen and oxygen atoms in total.